The maximum atomic E-state index is 12.1. The number of hydrogen-bond donors (Lipinski definition) is 7. The van der Waals surface area contributed by atoms with Crippen molar-refractivity contribution in [2.24, 2.45) is 0 Å². The maximum absolute atomic E-state index is 12.1. The number of aliphatic hydroxyl groups excluding tert-OH is 5. The molecule has 0 amide bonds. The zero-order chi connectivity index (χ0) is 29.6. The zero-order valence-corrected chi connectivity index (χ0v) is 22.3. The van der Waals surface area contributed by atoms with Gasteiger partial charge in [0.25, 0.3) is 21.2 Å². The molecule has 4 heterocycles. The molecule has 2 aromatic rings. The molecule has 2 saturated heterocycles. The maximum Gasteiger partial charge on any atom is 0.280 e. The summed E-state index contributed by atoms with van der Waals surface area (Å²) in [6, 6.07) is 0. The van der Waals surface area contributed by atoms with Gasteiger partial charge in [0.15, 0.2) is 17.4 Å². The molecule has 0 radical (unpaired) electrons. The second-order valence-corrected chi connectivity index (χ2v) is 12.0. The smallest absolute Gasteiger partial charge is 0.280 e. The van der Waals surface area contributed by atoms with Crippen molar-refractivity contribution in [3.8, 4) is 0 Å². The highest BCUT2D eigenvalue weighted by Gasteiger charge is 2.45. The summed E-state index contributed by atoms with van der Waals surface area (Å²) in [5, 5.41) is 50.1. The van der Waals surface area contributed by atoms with Crippen molar-refractivity contribution in [1.82, 2.24) is 19.5 Å². The van der Waals surface area contributed by atoms with Crippen LogP contribution in [0.1, 0.15) is 19.6 Å². The Morgan fingerprint density at radius 2 is 1.68 bits per heavy atom. The van der Waals surface area contributed by atoms with E-state index in [1.54, 1.807) is 0 Å². The van der Waals surface area contributed by atoms with E-state index in [1.807, 2.05) is 0 Å². The summed E-state index contributed by atoms with van der Waals surface area (Å²) in [5.74, 6) is -0.269. The van der Waals surface area contributed by atoms with Crippen molar-refractivity contribution in [2.45, 2.75) is 68.4 Å². The van der Waals surface area contributed by atoms with Crippen molar-refractivity contribution in [1.29, 1.82) is 0 Å². The van der Waals surface area contributed by atoms with Gasteiger partial charge in [-0.1, -0.05) is 0 Å². The van der Waals surface area contributed by atoms with Gasteiger partial charge in [-0.3, -0.25) is 23.5 Å². The minimum absolute atomic E-state index is 0.104. The third-order valence-corrected chi connectivity index (χ3v) is 8.83. The van der Waals surface area contributed by atoms with Crippen LogP contribution in [-0.4, -0.2) is 107 Å². The highest BCUT2D eigenvalue weighted by molar-refractivity contribution is 7.59. The number of phosphoric acid groups is 2. The average molecular weight is 615 g/mol. The van der Waals surface area contributed by atoms with Crippen LogP contribution in [0, 0.1) is 0 Å². The number of nitrogens with zero attached hydrogens (tertiary/aromatic N) is 3. The molecular formula is C18H27N5O15P2-2. The number of imidazole rings is 1. The lowest BCUT2D eigenvalue weighted by Crippen LogP contribution is -2.56. The number of rotatable bonds is 10. The molecule has 7 unspecified atom stereocenters. The van der Waals surface area contributed by atoms with Crippen LogP contribution >= 0.6 is 15.6 Å². The quantitative estimate of drug-likeness (QED) is 0.124. The Bertz CT molecular complexity index is 1360. The molecule has 0 saturated carbocycles. The number of H-pyrrole nitrogens is 1. The fourth-order valence-electron chi connectivity index (χ4n) is 4.22. The Hall–Kier alpha value is -1.87. The van der Waals surface area contributed by atoms with Gasteiger partial charge in [0.1, 0.15) is 36.6 Å². The highest BCUT2D eigenvalue weighted by atomic mass is 31.3. The molecule has 0 spiro atoms. The topological polar surface area (TPSA) is 317 Å². The van der Waals surface area contributed by atoms with Gasteiger partial charge in [0.2, 0.25) is 5.95 Å². The van der Waals surface area contributed by atoms with Crippen molar-refractivity contribution in [2.75, 3.05) is 18.9 Å². The van der Waals surface area contributed by atoms with Gasteiger partial charge < -0.3 is 59.6 Å². The molecule has 4 rings (SSSR count). The minimum Gasteiger partial charge on any atom is -0.756 e. The van der Waals surface area contributed by atoms with Crippen LogP contribution in [0.3, 0.4) is 0 Å². The van der Waals surface area contributed by atoms with Gasteiger partial charge in [0, 0.05) is 6.42 Å². The van der Waals surface area contributed by atoms with Crippen LogP contribution in [-0.2, 0) is 32.0 Å². The summed E-state index contributed by atoms with van der Waals surface area (Å²) in [4.78, 5) is 46.1. The standard InChI is InChI=1S/C18H29N5O15P2/c1-6-10(24)13(27)11(25)7(36-6)2-3-34-39(30,31)38-40(32,33)35-4-8-12(26)14(28)17(37-8)23-5-20-9-15(23)21-18(19)22-16(9)29/h5-8,10-14,17,24-28H,2-4H2,1H3,(H,30,31)(H,32,33)(H3,19,21,22,29)/p-2/t6?,7-,8+,10+,11?,12?,13?,14?,17+/m0/s1. The molecule has 40 heavy (non-hydrogen) atoms. The molecule has 2 aliphatic heterocycles. The van der Waals surface area contributed by atoms with E-state index in [2.05, 4.69) is 28.3 Å². The fraction of sp³-hybridized carbons (Fsp3) is 0.722. The lowest BCUT2D eigenvalue weighted by Gasteiger charge is -2.39. The first-order chi connectivity index (χ1) is 18.6. The van der Waals surface area contributed by atoms with Gasteiger partial charge in [0.05, 0.1) is 31.7 Å². The second-order valence-electron chi connectivity index (χ2n) is 9.07. The molecule has 2 aliphatic rings. The molecule has 2 aromatic heterocycles. The molecule has 0 bridgehead atoms. The normalized spacial score (nSPS) is 36.0. The van der Waals surface area contributed by atoms with Crippen LogP contribution in [0.25, 0.3) is 11.2 Å². The number of hydrogen-bond acceptors (Lipinski definition) is 18. The van der Waals surface area contributed by atoms with Gasteiger partial charge in [-0.2, -0.15) is 4.98 Å². The summed E-state index contributed by atoms with van der Waals surface area (Å²) < 4.78 is 48.9. The van der Waals surface area contributed by atoms with Crippen LogP contribution in [0.15, 0.2) is 11.1 Å². The lowest BCUT2D eigenvalue weighted by atomic mass is 9.94. The van der Waals surface area contributed by atoms with E-state index in [4.69, 9.17) is 15.2 Å². The highest BCUT2D eigenvalue weighted by Crippen LogP contribution is 2.56. The number of nitrogen functional groups attached to an aromatic ring is 1. The van der Waals surface area contributed by atoms with Crippen molar-refractivity contribution in [3.63, 3.8) is 0 Å². The van der Waals surface area contributed by atoms with E-state index in [0.29, 0.717) is 0 Å². The number of ether oxygens (including phenoxy) is 2. The summed E-state index contributed by atoms with van der Waals surface area (Å²) >= 11 is 0. The second kappa shape index (κ2) is 11.8. The molecular weight excluding hydrogens is 588 g/mol. The Labute approximate surface area is 224 Å². The molecule has 226 valence electrons. The predicted molar refractivity (Wildman–Crippen MR) is 124 cm³/mol. The number of aromatic amines is 1. The molecule has 0 aliphatic carbocycles. The molecule has 8 N–H and O–H groups in total. The van der Waals surface area contributed by atoms with E-state index >= 15 is 0 Å². The van der Waals surface area contributed by atoms with Gasteiger partial charge >= 0.3 is 0 Å². The van der Waals surface area contributed by atoms with Crippen molar-refractivity contribution < 1.29 is 67.3 Å². The third-order valence-electron chi connectivity index (χ3n) is 6.26. The Balaban J connectivity index is 1.31. The number of phosphoric ester groups is 2. The van der Waals surface area contributed by atoms with Crippen LogP contribution < -0.4 is 21.1 Å². The summed E-state index contributed by atoms with van der Waals surface area (Å²) in [6.07, 6.45) is -12.1. The molecule has 0 aromatic carbocycles. The summed E-state index contributed by atoms with van der Waals surface area (Å²) in [7, 11) is -11.2. The number of aliphatic hydroxyl groups is 5. The first-order valence-corrected chi connectivity index (χ1v) is 14.6. The first kappa shape index (κ1) is 31.1. The van der Waals surface area contributed by atoms with Crippen LogP contribution in [0.4, 0.5) is 5.95 Å². The number of nitrogens with one attached hydrogen (secondary N) is 1. The average Bonchev–Trinajstić information content (AvgIpc) is 3.39. The largest absolute Gasteiger partial charge is 0.756 e. The first-order valence-electron chi connectivity index (χ1n) is 11.7. The minimum atomic E-state index is -5.63. The van der Waals surface area contributed by atoms with Crippen LogP contribution in [0.2, 0.25) is 0 Å². The van der Waals surface area contributed by atoms with Gasteiger partial charge in [-0.15, -0.1) is 0 Å². The molecule has 2 fully saturated rings. The number of aromatic nitrogens is 4. The Kier molecular flexibility index (Phi) is 9.16. The third kappa shape index (κ3) is 6.61. The van der Waals surface area contributed by atoms with Gasteiger partial charge in [-0.05, 0) is 6.92 Å². The summed E-state index contributed by atoms with van der Waals surface area (Å²) in [6.45, 7) is -0.312. The lowest BCUT2D eigenvalue weighted by molar-refractivity contribution is -0.247. The number of fused-ring (bicyclic) bond motifs is 1. The van der Waals surface area contributed by atoms with Crippen LogP contribution in [0.5, 0.6) is 0 Å². The number of anilines is 1. The van der Waals surface area contributed by atoms with E-state index < -0.39 is 89.5 Å². The van der Waals surface area contributed by atoms with E-state index in [9.17, 15) is 49.2 Å². The molecule has 22 heteroatoms. The predicted octanol–water partition coefficient (Wildman–Crippen LogP) is -4.43. The van der Waals surface area contributed by atoms with Crippen molar-refractivity contribution in [3.05, 3.63) is 16.7 Å². The number of nitrogens with two attached hydrogens (primary N) is 1. The Morgan fingerprint density at radius 1 is 1.02 bits per heavy atom. The van der Waals surface area contributed by atoms with Gasteiger partial charge in [-0.25, -0.2) is 9.29 Å². The Morgan fingerprint density at radius 3 is 2.38 bits per heavy atom. The van der Waals surface area contributed by atoms with E-state index in [1.165, 1.54) is 6.92 Å². The SMILES string of the molecule is CC1O[C@@H](CCOP(=O)([O-])OP(=O)([O-])OC[C@H]2O[C@@H](n3cnc4c(=O)[nH]c(N)nc43)C(O)C2O)C(O)C(O)[C@@H]1O. The monoisotopic (exact) mass is 615 g/mol. The van der Waals surface area contributed by atoms with E-state index in [0.717, 1.165) is 10.9 Å². The zero-order valence-electron chi connectivity index (χ0n) is 20.5. The summed E-state index contributed by atoms with van der Waals surface area (Å²) in [5.41, 5.74) is 4.58. The van der Waals surface area contributed by atoms with Crippen molar-refractivity contribution >= 4 is 32.8 Å². The fourth-order valence-corrected chi connectivity index (χ4v) is 6.23. The molecule has 20 nitrogen and oxygen atoms in total. The van der Waals surface area contributed by atoms with E-state index in [-0.39, 0.29) is 23.5 Å². The molecule has 11 atom stereocenters.